The minimum Gasteiger partial charge on any atom is -0.478 e. The van der Waals surface area contributed by atoms with Crippen LogP contribution in [0.5, 0.6) is 0 Å². The summed E-state index contributed by atoms with van der Waals surface area (Å²) in [6.07, 6.45) is 2.84. The van der Waals surface area contributed by atoms with Crippen molar-refractivity contribution < 1.29 is 9.90 Å². The Kier molecular flexibility index (Phi) is 5.31. The smallest absolute Gasteiger partial charge is 0.328 e. The molecule has 3 heteroatoms. The van der Waals surface area contributed by atoms with Gasteiger partial charge in [0.15, 0.2) is 0 Å². The van der Waals surface area contributed by atoms with Crippen molar-refractivity contribution >= 4 is 12.0 Å². The van der Waals surface area contributed by atoms with Crippen LogP contribution in [-0.4, -0.2) is 29.6 Å². The molecule has 0 aromatic heterocycles. The highest BCUT2D eigenvalue weighted by Gasteiger charge is 2.14. The number of nitrogens with zero attached hydrogens (tertiary/aromatic N) is 1. The van der Waals surface area contributed by atoms with Gasteiger partial charge >= 0.3 is 5.97 Å². The molecule has 0 radical (unpaired) electrons. The van der Waals surface area contributed by atoms with Crippen LogP contribution in [0.15, 0.2) is 30.3 Å². The van der Waals surface area contributed by atoms with Crippen molar-refractivity contribution in [2.45, 2.75) is 27.3 Å². The van der Waals surface area contributed by atoms with Gasteiger partial charge < -0.3 is 10.0 Å². The highest BCUT2D eigenvalue weighted by Crippen LogP contribution is 2.18. The Morgan fingerprint density at radius 2 is 1.95 bits per heavy atom. The second-order valence-electron chi connectivity index (χ2n) is 6.10. The second kappa shape index (κ2) is 6.53. The summed E-state index contributed by atoms with van der Waals surface area (Å²) < 4.78 is 0. The van der Waals surface area contributed by atoms with Crippen LogP contribution in [0.1, 0.15) is 31.9 Å². The van der Waals surface area contributed by atoms with Gasteiger partial charge in [0.25, 0.3) is 0 Å². The van der Waals surface area contributed by atoms with E-state index in [1.54, 1.807) is 6.08 Å². The van der Waals surface area contributed by atoms with Crippen LogP contribution >= 0.6 is 0 Å². The predicted molar refractivity (Wildman–Crippen MR) is 78.9 cm³/mol. The van der Waals surface area contributed by atoms with E-state index in [1.165, 1.54) is 6.08 Å². The quantitative estimate of drug-likeness (QED) is 0.827. The minimum absolute atomic E-state index is 0.251. The summed E-state index contributed by atoms with van der Waals surface area (Å²) in [5, 5.41) is 8.70. The molecule has 19 heavy (non-hydrogen) atoms. The van der Waals surface area contributed by atoms with Crippen LogP contribution in [0.25, 0.3) is 6.08 Å². The lowest BCUT2D eigenvalue weighted by molar-refractivity contribution is -0.131. The normalized spacial score (nSPS) is 12.3. The Labute approximate surface area is 115 Å². The van der Waals surface area contributed by atoms with Crippen molar-refractivity contribution in [3.05, 3.63) is 41.5 Å². The van der Waals surface area contributed by atoms with Gasteiger partial charge in [-0.25, -0.2) is 4.79 Å². The highest BCUT2D eigenvalue weighted by atomic mass is 16.4. The molecule has 0 amide bonds. The molecular formula is C16H23NO2. The van der Waals surface area contributed by atoms with E-state index >= 15 is 0 Å². The molecule has 3 nitrogen and oxygen atoms in total. The topological polar surface area (TPSA) is 40.5 Å². The van der Waals surface area contributed by atoms with E-state index in [1.807, 2.05) is 24.3 Å². The first-order chi connectivity index (χ1) is 8.78. The molecule has 0 unspecified atom stereocenters. The molecule has 1 aromatic rings. The SMILES string of the molecule is CN(Cc1ccccc1C=CC(=O)O)CC(C)(C)C. The van der Waals surface area contributed by atoms with Crippen molar-refractivity contribution in [1.29, 1.82) is 0 Å². The lowest BCUT2D eigenvalue weighted by Crippen LogP contribution is -2.29. The van der Waals surface area contributed by atoms with Gasteiger partial charge in [-0.3, -0.25) is 0 Å². The zero-order valence-corrected chi connectivity index (χ0v) is 12.2. The van der Waals surface area contributed by atoms with Gasteiger partial charge in [-0.15, -0.1) is 0 Å². The molecule has 0 saturated heterocycles. The van der Waals surface area contributed by atoms with Gasteiger partial charge in [0.1, 0.15) is 0 Å². The number of carboxylic acids is 1. The van der Waals surface area contributed by atoms with Gasteiger partial charge in [-0.05, 0) is 29.7 Å². The number of hydrogen-bond donors (Lipinski definition) is 1. The maximum Gasteiger partial charge on any atom is 0.328 e. The van der Waals surface area contributed by atoms with Crippen molar-refractivity contribution in [2.75, 3.05) is 13.6 Å². The summed E-state index contributed by atoms with van der Waals surface area (Å²) >= 11 is 0. The van der Waals surface area contributed by atoms with Crippen LogP contribution in [-0.2, 0) is 11.3 Å². The van der Waals surface area contributed by atoms with Gasteiger partial charge in [-0.2, -0.15) is 0 Å². The number of benzene rings is 1. The van der Waals surface area contributed by atoms with Crippen molar-refractivity contribution in [3.8, 4) is 0 Å². The molecule has 104 valence electrons. The summed E-state index contributed by atoms with van der Waals surface area (Å²) in [5.74, 6) is -0.919. The van der Waals surface area contributed by atoms with Gasteiger partial charge in [0.2, 0.25) is 0 Å². The molecule has 0 aliphatic carbocycles. The predicted octanol–water partition coefficient (Wildman–Crippen LogP) is 3.26. The highest BCUT2D eigenvalue weighted by molar-refractivity contribution is 5.85. The lowest BCUT2D eigenvalue weighted by atomic mass is 9.96. The molecule has 0 fully saturated rings. The monoisotopic (exact) mass is 261 g/mol. The third-order valence-corrected chi connectivity index (χ3v) is 2.65. The molecule has 0 spiro atoms. The average Bonchev–Trinajstić information content (AvgIpc) is 2.25. The van der Waals surface area contributed by atoms with E-state index in [4.69, 9.17) is 5.11 Å². The molecule has 1 N–H and O–H groups in total. The zero-order valence-electron chi connectivity index (χ0n) is 12.2. The van der Waals surface area contributed by atoms with Crippen molar-refractivity contribution in [3.63, 3.8) is 0 Å². The molecule has 0 aliphatic heterocycles. The first kappa shape index (κ1) is 15.4. The molecular weight excluding hydrogens is 238 g/mol. The summed E-state index contributed by atoms with van der Waals surface area (Å²) in [4.78, 5) is 12.9. The lowest BCUT2D eigenvalue weighted by Gasteiger charge is -2.27. The first-order valence-electron chi connectivity index (χ1n) is 6.45. The van der Waals surface area contributed by atoms with Crippen molar-refractivity contribution in [2.24, 2.45) is 5.41 Å². The third kappa shape index (κ3) is 6.20. The van der Waals surface area contributed by atoms with E-state index in [0.29, 0.717) is 0 Å². The molecule has 0 atom stereocenters. The molecule has 1 rings (SSSR count). The van der Waals surface area contributed by atoms with Crippen LogP contribution < -0.4 is 0 Å². The van der Waals surface area contributed by atoms with E-state index in [2.05, 4.69) is 32.7 Å². The van der Waals surface area contributed by atoms with Crippen LogP contribution in [0.3, 0.4) is 0 Å². The first-order valence-corrected chi connectivity index (χ1v) is 6.45. The zero-order chi connectivity index (χ0) is 14.5. The molecule has 0 aliphatic rings. The fourth-order valence-electron chi connectivity index (χ4n) is 2.16. The Hall–Kier alpha value is -1.61. The van der Waals surface area contributed by atoms with E-state index in [9.17, 15) is 4.79 Å². The molecule has 0 bridgehead atoms. The largest absolute Gasteiger partial charge is 0.478 e. The second-order valence-corrected chi connectivity index (χ2v) is 6.10. The number of rotatable bonds is 5. The Morgan fingerprint density at radius 1 is 1.32 bits per heavy atom. The molecule has 0 heterocycles. The average molecular weight is 261 g/mol. The van der Waals surface area contributed by atoms with Gasteiger partial charge in [0.05, 0.1) is 0 Å². The minimum atomic E-state index is -0.919. The maximum atomic E-state index is 10.6. The number of carbonyl (C=O) groups is 1. The van der Waals surface area contributed by atoms with Gasteiger partial charge in [0, 0.05) is 19.2 Å². The van der Waals surface area contributed by atoms with E-state index in [0.717, 1.165) is 24.2 Å². The number of hydrogen-bond acceptors (Lipinski definition) is 2. The van der Waals surface area contributed by atoms with Crippen LogP contribution in [0, 0.1) is 5.41 Å². The van der Waals surface area contributed by atoms with Crippen molar-refractivity contribution in [1.82, 2.24) is 4.90 Å². The van der Waals surface area contributed by atoms with E-state index in [-0.39, 0.29) is 5.41 Å². The summed E-state index contributed by atoms with van der Waals surface area (Å²) in [7, 11) is 2.09. The fourth-order valence-corrected chi connectivity index (χ4v) is 2.16. The van der Waals surface area contributed by atoms with Gasteiger partial charge in [-0.1, -0.05) is 45.0 Å². The maximum absolute atomic E-state index is 10.6. The Morgan fingerprint density at radius 3 is 2.53 bits per heavy atom. The number of aliphatic carboxylic acids is 1. The fraction of sp³-hybridized carbons (Fsp3) is 0.438. The Balaban J connectivity index is 2.80. The Bertz CT molecular complexity index is 458. The molecule has 1 aromatic carbocycles. The standard InChI is InChI=1S/C16H23NO2/c1-16(2,3)12-17(4)11-14-8-6-5-7-13(14)9-10-15(18)19/h5-10H,11-12H2,1-4H3,(H,18,19). The van der Waals surface area contributed by atoms with E-state index < -0.39 is 5.97 Å². The van der Waals surface area contributed by atoms with Crippen LogP contribution in [0.4, 0.5) is 0 Å². The third-order valence-electron chi connectivity index (χ3n) is 2.65. The summed E-state index contributed by atoms with van der Waals surface area (Å²) in [6.45, 7) is 8.43. The summed E-state index contributed by atoms with van der Waals surface area (Å²) in [6, 6.07) is 7.90. The van der Waals surface area contributed by atoms with Crippen LogP contribution in [0.2, 0.25) is 0 Å². The number of carboxylic acid groups (broad SMARTS) is 1. The molecule has 0 saturated carbocycles. The summed E-state index contributed by atoms with van der Waals surface area (Å²) in [5.41, 5.74) is 2.36.